The Balaban J connectivity index is 1.10. The van der Waals surface area contributed by atoms with Crippen molar-refractivity contribution in [3.8, 4) is 0 Å². The fourth-order valence-corrected chi connectivity index (χ4v) is 94.3. The molecule has 1 spiro atoms. The summed E-state index contributed by atoms with van der Waals surface area (Å²) in [6.07, 6.45) is 0.326. The van der Waals surface area contributed by atoms with E-state index in [-0.39, 0.29) is 18.1 Å². The van der Waals surface area contributed by atoms with Crippen LogP contribution in [0.4, 0.5) is 0 Å². The van der Waals surface area contributed by atoms with E-state index in [2.05, 4.69) is 17.0 Å². The summed E-state index contributed by atoms with van der Waals surface area (Å²) in [5, 5.41) is 0. The predicted molar refractivity (Wildman–Crippen MR) is 111 cm³/mol. The minimum absolute atomic E-state index is 0.123. The van der Waals surface area contributed by atoms with Gasteiger partial charge in [0.05, 0.1) is 0 Å². The number of hydrogen-bond acceptors (Lipinski definition) is 3. The molecule has 5 heteroatoms. The SMILES string of the molecule is CC(C)(C)C(=O)N1[C@H]([C]23[CH]4[CH]5[CH]6[CH]2[Fe]56432789[CH]3[CH]2[CH]7[CH]8[CH]39)OC(=O)[C@@]1(C)Cc1ccccc1. The normalized spacial score (nSPS) is 80.8. The molecule has 11 heterocycles. The first-order valence-corrected chi connectivity index (χ1v) is 18.5. The van der Waals surface area contributed by atoms with Gasteiger partial charge in [0, 0.05) is 0 Å². The molecule has 4 unspecified atom stereocenters. The minimum atomic E-state index is -3.55. The van der Waals surface area contributed by atoms with Crippen molar-refractivity contribution in [2.24, 2.45) is 5.41 Å². The third-order valence-corrected chi connectivity index (χ3v) is 61.4. The molecule has 11 saturated heterocycles. The molecule has 0 saturated carbocycles. The Hall–Kier alpha value is -1.32. The number of amides is 1. The van der Waals surface area contributed by atoms with E-state index in [4.69, 9.17) is 4.74 Å². The van der Waals surface area contributed by atoms with Crippen LogP contribution in [-0.4, -0.2) is 28.5 Å². The summed E-state index contributed by atoms with van der Waals surface area (Å²) >= 11 is 0. The van der Waals surface area contributed by atoms with Crippen LogP contribution < -0.4 is 0 Å². The molecule has 1 aromatic rings. The van der Waals surface area contributed by atoms with Gasteiger partial charge < -0.3 is 0 Å². The average Bonchev–Trinajstić information content (AvgIpc) is 3.63. The third kappa shape index (κ3) is 0.300. The van der Waals surface area contributed by atoms with Gasteiger partial charge >= 0.3 is 172 Å². The molecule has 12 rings (SSSR count). The third-order valence-electron chi connectivity index (χ3n) is 18.8. The summed E-state index contributed by atoms with van der Waals surface area (Å²) in [7, 11) is 0. The van der Waals surface area contributed by atoms with Gasteiger partial charge in [-0.05, 0) is 0 Å². The molecule has 0 radical (unpaired) electrons. The number of fused-ring (bicyclic) bond motifs is 10. The van der Waals surface area contributed by atoms with Crippen molar-refractivity contribution in [2.45, 2.75) is 93.5 Å². The van der Waals surface area contributed by atoms with Crippen LogP contribution >= 0.6 is 0 Å². The fraction of sp³-hybridized carbons (Fsp3) is 0.692. The zero-order valence-corrected chi connectivity index (χ0v) is 19.5. The first kappa shape index (κ1) is 14.8. The van der Waals surface area contributed by atoms with E-state index in [1.807, 2.05) is 45.9 Å². The molecule has 31 heavy (non-hydrogen) atoms. The number of nitrogens with zero attached hydrogens (tertiary/aromatic N) is 1. The summed E-state index contributed by atoms with van der Waals surface area (Å²) in [6, 6.07) is 10.2. The maximum atomic E-state index is 14.1. The van der Waals surface area contributed by atoms with Gasteiger partial charge in [-0.1, -0.05) is 0 Å². The molecule has 0 N–H and O–H groups in total. The van der Waals surface area contributed by atoms with Crippen LogP contribution in [-0.2, 0) is 27.3 Å². The second-order valence-electron chi connectivity index (χ2n) is 16.4. The van der Waals surface area contributed by atoms with Crippen LogP contribution in [0, 0.1) is 5.41 Å². The zero-order valence-electron chi connectivity index (χ0n) is 18.4. The second kappa shape index (κ2) is 1.79. The number of hydrogen-bond donors (Lipinski definition) is 0. The first-order valence-electron chi connectivity index (χ1n) is 12.2. The molecule has 11 aliphatic rings. The monoisotopic (exact) mass is 459 g/mol. The van der Waals surface area contributed by atoms with E-state index in [0.29, 0.717) is 10.7 Å². The quantitative estimate of drug-likeness (QED) is 0.443. The van der Waals surface area contributed by atoms with E-state index in [0.717, 1.165) is 48.9 Å². The molecule has 0 aliphatic carbocycles. The van der Waals surface area contributed by atoms with Crippen molar-refractivity contribution < 1.29 is 20.8 Å². The van der Waals surface area contributed by atoms with Gasteiger partial charge in [0.25, 0.3) is 0 Å². The predicted octanol–water partition coefficient (Wildman–Crippen LogP) is 5.50. The van der Waals surface area contributed by atoms with Crippen LogP contribution in [0.15, 0.2) is 30.3 Å². The number of ether oxygens (including phenoxy) is 1. The summed E-state index contributed by atoms with van der Waals surface area (Å²) in [5.41, 5.74) is -0.296. The fourth-order valence-electron chi connectivity index (χ4n) is 19.8. The Labute approximate surface area is 172 Å². The molecule has 164 valence electrons. The molecular weight excluding hydrogens is 430 g/mol. The van der Waals surface area contributed by atoms with Crippen LogP contribution in [0.25, 0.3) is 0 Å². The molecule has 0 bridgehead atoms. The van der Waals surface area contributed by atoms with E-state index < -0.39 is 17.5 Å². The van der Waals surface area contributed by atoms with Crippen LogP contribution in [0.5, 0.6) is 0 Å². The molecule has 0 aromatic heterocycles. The zero-order chi connectivity index (χ0) is 20.8. The van der Waals surface area contributed by atoms with Gasteiger partial charge in [0.1, 0.15) is 0 Å². The van der Waals surface area contributed by atoms with Crippen molar-refractivity contribution in [3.05, 3.63) is 35.9 Å². The van der Waals surface area contributed by atoms with E-state index >= 15 is 0 Å². The second-order valence-corrected chi connectivity index (χ2v) is 40.0. The molecule has 11 aliphatic heterocycles. The first-order chi connectivity index (χ1) is 14.4. The molecule has 11 fully saturated rings. The standard InChI is InChI=1S/C21H24NO3.C5H5.Fe/c1-20(2,3)18(23)22-17(16-12-8-9-13-16)25-19(24)21(22,4)14-15-10-6-5-7-11-15;1-2-4-5-3-1;/h5-13,17H,14H2,1-4H3;1-5H;/t17-,21+;;/m0../s1. The van der Waals surface area contributed by atoms with Crippen LogP contribution in [0.2, 0.25) is 47.7 Å². The van der Waals surface area contributed by atoms with Crippen LogP contribution in [0.1, 0.15) is 33.3 Å². The topological polar surface area (TPSA) is 46.6 Å². The van der Waals surface area contributed by atoms with Gasteiger partial charge in [0.15, 0.2) is 0 Å². The van der Waals surface area contributed by atoms with Gasteiger partial charge in [-0.15, -0.1) is 0 Å². The Morgan fingerprint density at radius 3 is 1.97 bits per heavy atom. The number of carbonyl (C=O) groups is 2. The summed E-state index contributed by atoms with van der Waals surface area (Å²) in [5.74, 6) is -0.0207. The summed E-state index contributed by atoms with van der Waals surface area (Å²) in [4.78, 5) is 39.8. The molecular formula is C26H29FeNO3. The van der Waals surface area contributed by atoms with Gasteiger partial charge in [-0.3, -0.25) is 0 Å². The number of benzene rings is 1. The molecule has 1 amide bonds. The van der Waals surface area contributed by atoms with Crippen molar-refractivity contribution >= 4 is 11.9 Å². The number of rotatable bonds is 3. The van der Waals surface area contributed by atoms with E-state index in [1.54, 1.807) is 0 Å². The van der Waals surface area contributed by atoms with Crippen molar-refractivity contribution in [1.82, 2.24) is 4.90 Å². The maximum absolute atomic E-state index is 14.1. The van der Waals surface area contributed by atoms with E-state index in [9.17, 15) is 9.59 Å². The summed E-state index contributed by atoms with van der Waals surface area (Å²) < 4.78 is 6.84. The van der Waals surface area contributed by atoms with Crippen molar-refractivity contribution in [3.63, 3.8) is 0 Å². The van der Waals surface area contributed by atoms with Crippen molar-refractivity contribution in [2.75, 3.05) is 0 Å². The number of cyclic esters (lactones) is 1. The average molecular weight is 459 g/mol. The van der Waals surface area contributed by atoms with Gasteiger partial charge in [-0.2, -0.15) is 0 Å². The molecule has 1 aromatic carbocycles. The number of carbonyl (C=O) groups excluding carboxylic acids is 2. The van der Waals surface area contributed by atoms with Crippen LogP contribution in [0.3, 0.4) is 0 Å². The van der Waals surface area contributed by atoms with Crippen molar-refractivity contribution in [1.29, 1.82) is 0 Å². The van der Waals surface area contributed by atoms with E-state index in [1.165, 1.54) is 0 Å². The molecule has 4 nitrogen and oxygen atoms in total. The van der Waals surface area contributed by atoms with Gasteiger partial charge in [0.2, 0.25) is 0 Å². The summed E-state index contributed by atoms with van der Waals surface area (Å²) in [6.45, 7) is 4.47. The Bertz CT molecular complexity index is 1550. The van der Waals surface area contributed by atoms with Gasteiger partial charge in [-0.25, -0.2) is 0 Å². The Morgan fingerprint density at radius 1 is 1.00 bits per heavy atom. The Kier molecular flexibility index (Phi) is 0.854. The molecule has 6 atom stereocenters. The Morgan fingerprint density at radius 2 is 1.55 bits per heavy atom. The number of esters is 1.